The summed E-state index contributed by atoms with van der Waals surface area (Å²) in [5.74, 6) is 0.686. The Balaban J connectivity index is 1.80. The highest BCUT2D eigenvalue weighted by Gasteiger charge is 2.38. The summed E-state index contributed by atoms with van der Waals surface area (Å²) in [6, 6.07) is 3.70. The van der Waals surface area contributed by atoms with Gasteiger partial charge in [0, 0.05) is 19.2 Å². The van der Waals surface area contributed by atoms with Crippen LogP contribution in [0.1, 0.15) is 29.6 Å². The van der Waals surface area contributed by atoms with Gasteiger partial charge in [-0.05, 0) is 38.5 Å². The standard InChI is InChI=1S/C20H23N7O3S/c1-11-9-21-26(4)19(11)14-8-16(27-5-6-30-10-13(27)3)22-18-17(15-7-12(2)23-24-15)25-31(28,29)20(14)18/h7-9,13H,5-6,10H2,1-4H3,(H,23,24)/t13-/m1/s1. The van der Waals surface area contributed by atoms with Gasteiger partial charge in [0.1, 0.15) is 22.1 Å². The predicted molar refractivity (Wildman–Crippen MR) is 115 cm³/mol. The first-order valence-corrected chi connectivity index (χ1v) is 11.5. The molecule has 11 heteroatoms. The van der Waals surface area contributed by atoms with Crippen molar-refractivity contribution in [2.45, 2.75) is 31.7 Å². The summed E-state index contributed by atoms with van der Waals surface area (Å²) in [5, 5.41) is 11.3. The Bertz CT molecular complexity index is 1300. The van der Waals surface area contributed by atoms with Gasteiger partial charge >= 0.3 is 0 Å². The maximum atomic E-state index is 13.2. The summed E-state index contributed by atoms with van der Waals surface area (Å²) in [5.41, 5.74) is 4.01. The van der Waals surface area contributed by atoms with Crippen LogP contribution in [0.3, 0.4) is 0 Å². The summed E-state index contributed by atoms with van der Waals surface area (Å²) < 4.78 is 37.8. The quantitative estimate of drug-likeness (QED) is 0.656. The van der Waals surface area contributed by atoms with Gasteiger partial charge in [0.05, 0.1) is 42.5 Å². The molecule has 162 valence electrons. The third-order valence-corrected chi connectivity index (χ3v) is 7.01. The van der Waals surface area contributed by atoms with E-state index in [0.29, 0.717) is 42.5 Å². The van der Waals surface area contributed by atoms with E-state index >= 15 is 0 Å². The van der Waals surface area contributed by atoms with Crippen molar-refractivity contribution in [2.75, 3.05) is 24.7 Å². The largest absolute Gasteiger partial charge is 0.377 e. The van der Waals surface area contributed by atoms with E-state index in [1.165, 1.54) is 0 Å². The first-order chi connectivity index (χ1) is 14.8. The maximum absolute atomic E-state index is 13.2. The predicted octanol–water partition coefficient (Wildman–Crippen LogP) is 1.59. The lowest BCUT2D eigenvalue weighted by Gasteiger charge is -2.34. The average molecular weight is 442 g/mol. The number of ether oxygens (including phenoxy) is 1. The Labute approximate surface area is 180 Å². The molecule has 0 amide bonds. The van der Waals surface area contributed by atoms with Crippen LogP contribution in [-0.2, 0) is 21.8 Å². The van der Waals surface area contributed by atoms with Gasteiger partial charge in [-0.15, -0.1) is 0 Å². The first-order valence-electron chi connectivity index (χ1n) is 10.0. The number of sulfonamides is 1. The molecule has 2 aliphatic rings. The van der Waals surface area contributed by atoms with Gasteiger partial charge in [0.25, 0.3) is 10.0 Å². The molecule has 10 nitrogen and oxygen atoms in total. The van der Waals surface area contributed by atoms with Crippen molar-refractivity contribution in [1.82, 2.24) is 25.0 Å². The van der Waals surface area contributed by atoms with Crippen LogP contribution in [0.25, 0.3) is 11.3 Å². The van der Waals surface area contributed by atoms with E-state index in [2.05, 4.69) is 31.5 Å². The highest BCUT2D eigenvalue weighted by atomic mass is 32.2. The summed E-state index contributed by atoms with van der Waals surface area (Å²) in [6.07, 6.45) is 1.72. The van der Waals surface area contributed by atoms with E-state index in [0.717, 1.165) is 17.0 Å². The van der Waals surface area contributed by atoms with Crippen LogP contribution in [0.4, 0.5) is 5.82 Å². The molecule has 1 fully saturated rings. The van der Waals surface area contributed by atoms with Crippen LogP contribution in [0.2, 0.25) is 0 Å². The van der Waals surface area contributed by atoms with Crippen LogP contribution < -0.4 is 4.90 Å². The van der Waals surface area contributed by atoms with Gasteiger partial charge in [-0.1, -0.05) is 0 Å². The summed E-state index contributed by atoms with van der Waals surface area (Å²) in [4.78, 5) is 7.04. The normalized spacial score (nSPS) is 20.1. The molecule has 1 N–H and O–H groups in total. The van der Waals surface area contributed by atoms with E-state index in [1.807, 2.05) is 19.9 Å². The lowest BCUT2D eigenvalue weighted by molar-refractivity contribution is 0.0985. The minimum Gasteiger partial charge on any atom is -0.377 e. The van der Waals surface area contributed by atoms with Crippen LogP contribution in [-0.4, -0.2) is 64.9 Å². The second-order valence-electron chi connectivity index (χ2n) is 7.96. The zero-order valence-corrected chi connectivity index (χ0v) is 18.6. The molecule has 0 radical (unpaired) electrons. The van der Waals surface area contributed by atoms with Gasteiger partial charge in [-0.3, -0.25) is 9.78 Å². The van der Waals surface area contributed by atoms with E-state index in [4.69, 9.17) is 9.72 Å². The van der Waals surface area contributed by atoms with E-state index < -0.39 is 10.0 Å². The number of nitrogens with zero attached hydrogens (tertiary/aromatic N) is 6. The number of pyridine rings is 1. The van der Waals surface area contributed by atoms with Gasteiger partial charge in [0.15, 0.2) is 0 Å². The number of hydrogen-bond donors (Lipinski definition) is 1. The number of aromatic amines is 1. The fraction of sp³-hybridized carbons (Fsp3) is 0.400. The Morgan fingerprint density at radius 3 is 2.71 bits per heavy atom. The molecule has 1 saturated heterocycles. The van der Waals surface area contributed by atoms with E-state index in [9.17, 15) is 8.42 Å². The topological polar surface area (TPSA) is 118 Å². The zero-order valence-electron chi connectivity index (χ0n) is 17.7. The molecule has 0 bridgehead atoms. The van der Waals surface area contributed by atoms with E-state index in [1.54, 1.807) is 24.0 Å². The smallest absolute Gasteiger partial charge is 0.285 e. The van der Waals surface area contributed by atoms with Crippen molar-refractivity contribution in [1.29, 1.82) is 0 Å². The third kappa shape index (κ3) is 3.15. The summed E-state index contributed by atoms with van der Waals surface area (Å²) >= 11 is 0. The molecule has 5 rings (SSSR count). The molecular weight excluding hydrogens is 418 g/mol. The van der Waals surface area contributed by atoms with Gasteiger partial charge < -0.3 is 9.64 Å². The van der Waals surface area contributed by atoms with Crippen molar-refractivity contribution in [3.8, 4) is 11.3 Å². The Hall–Kier alpha value is -3.05. The molecule has 31 heavy (non-hydrogen) atoms. The van der Waals surface area contributed by atoms with Crippen molar-refractivity contribution in [3.63, 3.8) is 0 Å². The highest BCUT2D eigenvalue weighted by molar-refractivity contribution is 7.91. The number of anilines is 1. The minimum absolute atomic E-state index is 0.103. The van der Waals surface area contributed by atoms with Crippen molar-refractivity contribution in [3.05, 3.63) is 41.0 Å². The summed E-state index contributed by atoms with van der Waals surface area (Å²) in [6.45, 7) is 7.63. The highest BCUT2D eigenvalue weighted by Crippen LogP contribution is 2.40. The number of morpholine rings is 1. The average Bonchev–Trinajstić information content (AvgIpc) is 3.37. The number of hydrogen-bond acceptors (Lipinski definition) is 7. The molecule has 0 unspecified atom stereocenters. The van der Waals surface area contributed by atoms with E-state index in [-0.39, 0.29) is 16.6 Å². The van der Waals surface area contributed by atoms with Crippen LogP contribution >= 0.6 is 0 Å². The van der Waals surface area contributed by atoms with Crippen molar-refractivity contribution in [2.24, 2.45) is 11.4 Å². The summed E-state index contributed by atoms with van der Waals surface area (Å²) in [7, 11) is -2.15. The SMILES string of the molecule is Cc1cc(C2=NS(=O)(=O)c3c(-c4c(C)cnn4C)cc(N4CCOC[C@H]4C)nc32)[nH]n1. The molecule has 0 aliphatic carbocycles. The molecule has 1 atom stereocenters. The number of fused-ring (bicyclic) bond motifs is 1. The van der Waals surface area contributed by atoms with Gasteiger partial charge in [-0.25, -0.2) is 4.98 Å². The fourth-order valence-electron chi connectivity index (χ4n) is 4.19. The lowest BCUT2D eigenvalue weighted by Crippen LogP contribution is -2.44. The molecule has 0 saturated carbocycles. The number of nitrogens with one attached hydrogen (secondary N) is 1. The molecule has 0 aromatic carbocycles. The monoisotopic (exact) mass is 441 g/mol. The molecule has 3 aromatic rings. The van der Waals surface area contributed by atoms with Gasteiger partial charge in [0.2, 0.25) is 0 Å². The van der Waals surface area contributed by atoms with Crippen LogP contribution in [0, 0.1) is 13.8 Å². The Morgan fingerprint density at radius 2 is 2.06 bits per heavy atom. The Morgan fingerprint density at radius 1 is 1.26 bits per heavy atom. The van der Waals surface area contributed by atoms with Crippen LogP contribution in [0.5, 0.6) is 0 Å². The van der Waals surface area contributed by atoms with Crippen LogP contribution in [0.15, 0.2) is 27.6 Å². The van der Waals surface area contributed by atoms with Crippen molar-refractivity contribution < 1.29 is 13.2 Å². The number of aryl methyl sites for hydroxylation is 3. The second kappa shape index (κ2) is 6.99. The third-order valence-electron chi connectivity index (χ3n) is 5.65. The fourth-order valence-corrected chi connectivity index (χ4v) is 5.53. The molecule has 5 heterocycles. The zero-order chi connectivity index (χ0) is 21.9. The minimum atomic E-state index is -3.95. The number of aromatic nitrogens is 5. The second-order valence-corrected chi connectivity index (χ2v) is 9.50. The van der Waals surface area contributed by atoms with Gasteiger partial charge in [-0.2, -0.15) is 23.0 Å². The van der Waals surface area contributed by atoms with Crippen molar-refractivity contribution >= 4 is 21.6 Å². The maximum Gasteiger partial charge on any atom is 0.285 e. The number of rotatable bonds is 3. The molecule has 2 aliphatic heterocycles. The Kier molecular flexibility index (Phi) is 4.48. The lowest BCUT2D eigenvalue weighted by atomic mass is 10.0. The number of H-pyrrole nitrogens is 1. The molecule has 0 spiro atoms. The first kappa shape index (κ1) is 19.9. The molecular formula is C20H23N7O3S. The molecule has 3 aromatic heterocycles.